The number of carbonyl (C=O) groups is 3. The van der Waals surface area contributed by atoms with Gasteiger partial charge in [0.1, 0.15) is 6.04 Å². The predicted molar refractivity (Wildman–Crippen MR) is 197 cm³/mol. The summed E-state index contributed by atoms with van der Waals surface area (Å²) in [5, 5.41) is 10.00. The average Bonchev–Trinajstić information content (AvgIpc) is 3.10. The highest BCUT2D eigenvalue weighted by molar-refractivity contribution is 7.52. The molecule has 0 radical (unpaired) electrons. The van der Waals surface area contributed by atoms with Crippen LogP contribution in [0.3, 0.4) is 0 Å². The number of aliphatic carboxylic acids is 1. The molecule has 0 saturated heterocycles. The lowest BCUT2D eigenvalue weighted by molar-refractivity contribution is -0.143. The van der Waals surface area contributed by atoms with Gasteiger partial charge in [-0.05, 0) is 57.3 Å². The van der Waals surface area contributed by atoms with E-state index >= 15 is 0 Å². The van der Waals surface area contributed by atoms with Gasteiger partial charge < -0.3 is 34.7 Å². The summed E-state index contributed by atoms with van der Waals surface area (Å²) in [6.45, 7) is 5.10. The van der Waals surface area contributed by atoms with Gasteiger partial charge in [-0.15, -0.1) is 4.76 Å². The van der Waals surface area contributed by atoms with Crippen LogP contribution in [-0.2, 0) is 37.4 Å². The van der Waals surface area contributed by atoms with Gasteiger partial charge in [0.2, 0.25) is 5.96 Å². The van der Waals surface area contributed by atoms with Crippen molar-refractivity contribution < 1.29 is 52.1 Å². The van der Waals surface area contributed by atoms with Gasteiger partial charge in [-0.3, -0.25) is 9.05 Å². The van der Waals surface area contributed by atoms with E-state index in [9.17, 15) is 24.1 Å². The Morgan fingerprint density at radius 2 is 1.04 bits per heavy atom. The Balaban J connectivity index is 2.57. The highest BCUT2D eigenvalue weighted by atomic mass is 31.2. The highest BCUT2D eigenvalue weighted by Crippen LogP contribution is 2.50. The summed E-state index contributed by atoms with van der Waals surface area (Å²) in [5.41, 5.74) is 6.22. The predicted octanol–water partition coefficient (Wildman–Crippen LogP) is 9.00. The maximum absolute atomic E-state index is 13.7. The Bertz CT molecular complexity index is 965. The van der Waals surface area contributed by atoms with Crippen molar-refractivity contribution in [3.05, 3.63) is 0 Å². The molecule has 3 N–H and O–H groups in total. The maximum atomic E-state index is 13.7. The molecular weight excluding hydrogens is 681 g/mol. The zero-order valence-corrected chi connectivity index (χ0v) is 32.6. The van der Waals surface area contributed by atoms with Gasteiger partial charge in [-0.1, -0.05) is 97.3 Å². The molecule has 0 aromatic heterocycles. The van der Waals surface area contributed by atoms with Crippen LogP contribution in [-0.4, -0.2) is 87.0 Å². The van der Waals surface area contributed by atoms with E-state index in [2.05, 4.69) is 18.6 Å². The van der Waals surface area contributed by atoms with Crippen molar-refractivity contribution in [2.75, 3.05) is 46.7 Å². The minimum absolute atomic E-state index is 0.0352. The van der Waals surface area contributed by atoms with Gasteiger partial charge in [-0.2, -0.15) is 0 Å². The summed E-state index contributed by atoms with van der Waals surface area (Å²) < 4.78 is 49.5. The third-order valence-electron chi connectivity index (χ3n) is 8.81. The van der Waals surface area contributed by atoms with E-state index in [0.29, 0.717) is 38.9 Å². The molecule has 1 unspecified atom stereocenters. The van der Waals surface area contributed by atoms with Gasteiger partial charge in [-0.25, -0.2) is 18.9 Å². The van der Waals surface area contributed by atoms with Crippen molar-refractivity contribution >= 4 is 32.0 Å². The first-order valence-electron chi connectivity index (χ1n) is 19.4. The molecule has 0 aromatic carbocycles. The second kappa shape index (κ2) is 29.9. The van der Waals surface area contributed by atoms with Crippen LogP contribution in [0.4, 0.5) is 9.59 Å². The van der Waals surface area contributed by atoms with Crippen molar-refractivity contribution in [3.63, 3.8) is 0 Å². The second-order valence-corrected chi connectivity index (χ2v) is 14.9. The molecule has 1 saturated carbocycles. The van der Waals surface area contributed by atoms with Crippen LogP contribution >= 0.6 is 7.75 Å². The first kappa shape index (κ1) is 46.5. The molecule has 14 nitrogen and oxygen atoms in total. The standard InChI is InChI=1S/C36H68N3O11P/c1-4-6-8-10-12-17-25-45-35(42)47-27-19-21-29-49-51(44,38-34(37)39(3)32(33(40)41)31-23-15-14-16-24-31)50-30-22-20-28-48-36(43)46-26-18-13-11-9-7-5-2/h31-32H,4-30H2,1-3H3,(H,40,41)(H2,37,38,44). The Kier molecular flexibility index (Phi) is 27.3. The fraction of sp³-hybridized carbons (Fsp3) is 0.889. The van der Waals surface area contributed by atoms with E-state index in [-0.39, 0.29) is 38.3 Å². The number of nitrogens with two attached hydrogens (primary N) is 1. The van der Waals surface area contributed by atoms with Gasteiger partial charge in [0, 0.05) is 7.05 Å². The minimum atomic E-state index is -4.17. The fourth-order valence-corrected chi connectivity index (χ4v) is 7.11. The molecule has 0 heterocycles. The zero-order valence-electron chi connectivity index (χ0n) is 31.7. The lowest BCUT2D eigenvalue weighted by Gasteiger charge is -2.34. The van der Waals surface area contributed by atoms with E-state index < -0.39 is 32.1 Å². The monoisotopic (exact) mass is 749 g/mol. The summed E-state index contributed by atoms with van der Waals surface area (Å²) in [4.78, 5) is 37.2. The normalized spacial score (nSPS) is 14.5. The van der Waals surface area contributed by atoms with Crippen LogP contribution in [0.15, 0.2) is 4.76 Å². The van der Waals surface area contributed by atoms with Gasteiger partial charge >= 0.3 is 26.0 Å². The molecule has 0 spiro atoms. The summed E-state index contributed by atoms with van der Waals surface area (Å²) in [6.07, 6.45) is 17.6. The molecule has 1 aliphatic rings. The average molecular weight is 750 g/mol. The van der Waals surface area contributed by atoms with Crippen LogP contribution in [0.25, 0.3) is 0 Å². The molecule has 1 aliphatic carbocycles. The van der Waals surface area contributed by atoms with Gasteiger partial charge in [0.25, 0.3) is 0 Å². The molecule has 1 fully saturated rings. The highest BCUT2D eigenvalue weighted by Gasteiger charge is 2.35. The van der Waals surface area contributed by atoms with E-state index in [1.54, 1.807) is 0 Å². The number of likely N-dealkylation sites (N-methyl/N-ethyl adjacent to an activating group) is 1. The first-order valence-corrected chi connectivity index (χ1v) is 20.9. The van der Waals surface area contributed by atoms with Crippen molar-refractivity contribution in [2.24, 2.45) is 16.4 Å². The molecule has 0 aromatic rings. The maximum Gasteiger partial charge on any atom is 0.508 e. The fourth-order valence-electron chi connectivity index (χ4n) is 5.81. The number of rotatable bonds is 30. The van der Waals surface area contributed by atoms with Crippen LogP contribution in [0.2, 0.25) is 0 Å². The van der Waals surface area contributed by atoms with Gasteiger partial charge in [0.05, 0.1) is 39.6 Å². The molecule has 1 atom stereocenters. The molecule has 51 heavy (non-hydrogen) atoms. The summed E-state index contributed by atoms with van der Waals surface area (Å²) in [5.74, 6) is -1.41. The molecule has 298 valence electrons. The third-order valence-corrected chi connectivity index (χ3v) is 10.3. The third kappa shape index (κ3) is 23.6. The molecular formula is C36H68N3O11P. The molecule has 0 bridgehead atoms. The topological polar surface area (TPSA) is 186 Å². The largest absolute Gasteiger partial charge is 0.508 e. The van der Waals surface area contributed by atoms with Crippen LogP contribution < -0.4 is 5.73 Å². The van der Waals surface area contributed by atoms with Crippen LogP contribution in [0.5, 0.6) is 0 Å². The van der Waals surface area contributed by atoms with E-state index in [4.69, 9.17) is 33.7 Å². The molecule has 0 aliphatic heterocycles. The Morgan fingerprint density at radius 1 is 0.667 bits per heavy atom. The molecule has 15 heteroatoms. The van der Waals surface area contributed by atoms with E-state index in [1.807, 2.05) is 0 Å². The lowest BCUT2D eigenvalue weighted by atomic mass is 9.83. The van der Waals surface area contributed by atoms with Crippen molar-refractivity contribution in [2.45, 2.75) is 155 Å². The number of carboxylic acid groups (broad SMARTS) is 1. The number of guanidine groups is 1. The summed E-state index contributed by atoms with van der Waals surface area (Å²) in [7, 11) is -2.65. The number of hydrogen-bond donors (Lipinski definition) is 2. The SMILES string of the molecule is CCCCCCCCOC(=O)OCCCCOP(=O)(N=C(N)N(C)C(C(=O)O)C1CCCCC1)OCCCCOC(=O)OCCCCCCCC. The quantitative estimate of drug-likeness (QED) is 0.0233. The smallest absolute Gasteiger partial charge is 0.480 e. The first-order chi connectivity index (χ1) is 24.6. The number of ether oxygens (including phenoxy) is 4. The Morgan fingerprint density at radius 3 is 1.45 bits per heavy atom. The Labute approximate surface area is 306 Å². The lowest BCUT2D eigenvalue weighted by Crippen LogP contribution is -2.50. The van der Waals surface area contributed by atoms with Gasteiger partial charge in [0.15, 0.2) is 0 Å². The van der Waals surface area contributed by atoms with Crippen LogP contribution in [0.1, 0.15) is 149 Å². The van der Waals surface area contributed by atoms with Crippen LogP contribution in [0, 0.1) is 5.92 Å². The number of nitrogens with zero attached hydrogens (tertiary/aromatic N) is 2. The molecule has 1 rings (SSSR count). The summed E-state index contributed by atoms with van der Waals surface area (Å²) >= 11 is 0. The van der Waals surface area contributed by atoms with Crippen molar-refractivity contribution in [1.29, 1.82) is 0 Å². The number of carboxylic acids is 1. The zero-order chi connectivity index (χ0) is 37.6. The Hall–Kier alpha value is -2.57. The minimum Gasteiger partial charge on any atom is -0.480 e. The van der Waals surface area contributed by atoms with Crippen molar-refractivity contribution in [1.82, 2.24) is 4.90 Å². The number of carbonyl (C=O) groups excluding carboxylic acids is 2. The van der Waals surface area contributed by atoms with E-state index in [1.165, 1.54) is 50.5 Å². The number of unbranched alkanes of at least 4 members (excludes halogenated alkanes) is 12. The molecule has 0 amide bonds. The summed E-state index contributed by atoms with van der Waals surface area (Å²) in [6, 6.07) is -0.932. The second-order valence-electron chi connectivity index (χ2n) is 13.2. The number of hydrogen-bond acceptors (Lipinski definition) is 10. The van der Waals surface area contributed by atoms with Crippen molar-refractivity contribution in [3.8, 4) is 0 Å². The van der Waals surface area contributed by atoms with E-state index in [0.717, 1.165) is 70.6 Å².